The minimum atomic E-state index is 0.111. The molecular formula is C16H27N5O. The molecule has 2 fully saturated rings. The number of H-pyrrole nitrogens is 1. The Morgan fingerprint density at radius 1 is 1.27 bits per heavy atom. The van der Waals surface area contributed by atoms with Crippen LogP contribution >= 0.6 is 0 Å². The number of aromatic nitrogens is 2. The number of urea groups is 1. The average molecular weight is 305 g/mol. The monoisotopic (exact) mass is 305 g/mol. The molecule has 0 unspecified atom stereocenters. The molecule has 22 heavy (non-hydrogen) atoms. The van der Waals surface area contributed by atoms with Crippen LogP contribution in [0.3, 0.4) is 0 Å². The summed E-state index contributed by atoms with van der Waals surface area (Å²) in [4.78, 5) is 14.2. The number of hydrogen-bond donors (Lipinski definition) is 3. The Morgan fingerprint density at radius 2 is 2.05 bits per heavy atom. The normalized spacial score (nSPS) is 21.0. The summed E-state index contributed by atoms with van der Waals surface area (Å²) in [7, 11) is 0. The van der Waals surface area contributed by atoms with E-state index in [0.29, 0.717) is 5.92 Å². The Labute approximate surface area is 132 Å². The quantitative estimate of drug-likeness (QED) is 0.792. The Morgan fingerprint density at radius 3 is 2.73 bits per heavy atom. The van der Waals surface area contributed by atoms with Crippen molar-refractivity contribution in [3.63, 3.8) is 0 Å². The molecule has 3 N–H and O–H groups in total. The molecular weight excluding hydrogens is 278 g/mol. The molecule has 0 spiro atoms. The van der Waals surface area contributed by atoms with Crippen molar-refractivity contribution in [2.24, 2.45) is 5.92 Å². The van der Waals surface area contributed by atoms with Crippen molar-refractivity contribution < 1.29 is 4.79 Å². The summed E-state index contributed by atoms with van der Waals surface area (Å²) in [6.07, 6.45) is 9.53. The highest BCUT2D eigenvalue weighted by Gasteiger charge is 2.24. The maximum Gasteiger partial charge on any atom is 0.317 e. The van der Waals surface area contributed by atoms with Gasteiger partial charge in [0.15, 0.2) is 0 Å². The summed E-state index contributed by atoms with van der Waals surface area (Å²) in [6, 6.07) is 0.111. The predicted octanol–water partition coefficient (Wildman–Crippen LogP) is 1.69. The van der Waals surface area contributed by atoms with Gasteiger partial charge in [0.25, 0.3) is 0 Å². The molecule has 0 radical (unpaired) electrons. The molecule has 0 bridgehead atoms. The Bertz CT molecular complexity index is 447. The lowest BCUT2D eigenvalue weighted by atomic mass is 9.92. The van der Waals surface area contributed by atoms with Crippen LogP contribution in [0.2, 0.25) is 0 Å². The number of nitrogens with one attached hydrogen (secondary N) is 3. The third kappa shape index (κ3) is 4.00. The fourth-order valence-corrected chi connectivity index (χ4v) is 3.57. The Kier molecular flexibility index (Phi) is 5.32. The van der Waals surface area contributed by atoms with Crippen LogP contribution in [0.1, 0.15) is 43.6 Å². The van der Waals surface area contributed by atoms with Crippen molar-refractivity contribution in [3.8, 4) is 0 Å². The molecule has 1 aromatic heterocycles. The van der Waals surface area contributed by atoms with Crippen molar-refractivity contribution in [3.05, 3.63) is 18.0 Å². The van der Waals surface area contributed by atoms with E-state index in [9.17, 15) is 4.79 Å². The Balaban J connectivity index is 1.35. The smallest absolute Gasteiger partial charge is 0.317 e. The lowest BCUT2D eigenvalue weighted by Crippen LogP contribution is -2.44. The standard InChI is InChI=1S/C16H27N5O/c22-16(18-8-3-13-1-6-17-7-2-13)21-9-4-14(5-10-21)15-11-19-20-12-15/h11-14,17H,1-10H2,(H,18,22)(H,19,20). The maximum absolute atomic E-state index is 12.2. The van der Waals surface area contributed by atoms with Gasteiger partial charge in [-0.2, -0.15) is 5.10 Å². The second-order valence-electron chi connectivity index (χ2n) is 6.51. The van der Waals surface area contributed by atoms with Crippen LogP contribution in [0.15, 0.2) is 12.4 Å². The van der Waals surface area contributed by atoms with Gasteiger partial charge in [0.2, 0.25) is 0 Å². The number of rotatable bonds is 4. The second kappa shape index (κ2) is 7.63. The molecule has 6 heteroatoms. The third-order valence-electron chi connectivity index (χ3n) is 5.06. The largest absolute Gasteiger partial charge is 0.338 e. The molecule has 0 aromatic carbocycles. The van der Waals surface area contributed by atoms with E-state index in [2.05, 4.69) is 20.8 Å². The molecule has 0 atom stereocenters. The van der Waals surface area contributed by atoms with Crippen LogP contribution in [-0.2, 0) is 0 Å². The van der Waals surface area contributed by atoms with E-state index in [1.807, 2.05) is 17.3 Å². The molecule has 6 nitrogen and oxygen atoms in total. The SMILES string of the molecule is O=C(NCCC1CCNCC1)N1CCC(c2cn[nH]c2)CC1. The number of nitrogens with zero attached hydrogens (tertiary/aromatic N) is 2. The maximum atomic E-state index is 12.2. The van der Waals surface area contributed by atoms with Gasteiger partial charge in [-0.3, -0.25) is 5.10 Å². The van der Waals surface area contributed by atoms with Crippen LogP contribution < -0.4 is 10.6 Å². The first kappa shape index (κ1) is 15.3. The van der Waals surface area contributed by atoms with E-state index in [0.717, 1.165) is 57.9 Å². The van der Waals surface area contributed by atoms with Gasteiger partial charge in [-0.05, 0) is 62.6 Å². The number of hydrogen-bond acceptors (Lipinski definition) is 3. The zero-order valence-corrected chi connectivity index (χ0v) is 13.2. The van der Waals surface area contributed by atoms with Crippen molar-refractivity contribution >= 4 is 6.03 Å². The van der Waals surface area contributed by atoms with E-state index in [4.69, 9.17) is 0 Å². The van der Waals surface area contributed by atoms with Gasteiger partial charge < -0.3 is 15.5 Å². The highest BCUT2D eigenvalue weighted by molar-refractivity contribution is 5.74. The van der Waals surface area contributed by atoms with E-state index in [1.165, 1.54) is 18.4 Å². The van der Waals surface area contributed by atoms with Crippen LogP contribution in [-0.4, -0.2) is 53.9 Å². The minimum Gasteiger partial charge on any atom is -0.338 e. The van der Waals surface area contributed by atoms with Gasteiger partial charge >= 0.3 is 6.03 Å². The fourth-order valence-electron chi connectivity index (χ4n) is 3.57. The first-order chi connectivity index (χ1) is 10.8. The number of carbonyl (C=O) groups excluding carboxylic acids is 1. The van der Waals surface area contributed by atoms with Crippen LogP contribution in [0.5, 0.6) is 0 Å². The molecule has 0 aliphatic carbocycles. The lowest BCUT2D eigenvalue weighted by Gasteiger charge is -2.32. The Hall–Kier alpha value is -1.56. The number of piperidine rings is 2. The number of aromatic amines is 1. The summed E-state index contributed by atoms with van der Waals surface area (Å²) in [5, 5.41) is 13.4. The highest BCUT2D eigenvalue weighted by atomic mass is 16.2. The highest BCUT2D eigenvalue weighted by Crippen LogP contribution is 2.27. The molecule has 1 aromatic rings. The number of amides is 2. The zero-order chi connectivity index (χ0) is 15.2. The summed E-state index contributed by atoms with van der Waals surface area (Å²) in [6.45, 7) is 4.75. The molecule has 3 rings (SSSR count). The summed E-state index contributed by atoms with van der Waals surface area (Å²) >= 11 is 0. The lowest BCUT2D eigenvalue weighted by molar-refractivity contribution is 0.180. The van der Waals surface area contributed by atoms with Gasteiger partial charge in [0.1, 0.15) is 0 Å². The van der Waals surface area contributed by atoms with Crippen molar-refractivity contribution in [2.45, 2.75) is 38.0 Å². The minimum absolute atomic E-state index is 0.111. The van der Waals surface area contributed by atoms with E-state index in [-0.39, 0.29) is 6.03 Å². The zero-order valence-electron chi connectivity index (χ0n) is 13.2. The summed E-state index contributed by atoms with van der Waals surface area (Å²) < 4.78 is 0. The van der Waals surface area contributed by atoms with E-state index in [1.54, 1.807) is 0 Å². The van der Waals surface area contributed by atoms with Gasteiger partial charge in [0, 0.05) is 25.8 Å². The average Bonchev–Trinajstić information content (AvgIpc) is 3.10. The second-order valence-corrected chi connectivity index (χ2v) is 6.51. The fraction of sp³-hybridized carbons (Fsp3) is 0.750. The molecule has 122 valence electrons. The molecule has 0 saturated carbocycles. The van der Waals surface area contributed by atoms with Gasteiger partial charge in [-0.1, -0.05) is 0 Å². The van der Waals surface area contributed by atoms with Gasteiger partial charge in [-0.15, -0.1) is 0 Å². The number of carbonyl (C=O) groups is 1. The van der Waals surface area contributed by atoms with Crippen LogP contribution in [0, 0.1) is 5.92 Å². The van der Waals surface area contributed by atoms with Gasteiger partial charge in [-0.25, -0.2) is 4.79 Å². The van der Waals surface area contributed by atoms with Crippen molar-refractivity contribution in [1.82, 2.24) is 25.7 Å². The van der Waals surface area contributed by atoms with Gasteiger partial charge in [0.05, 0.1) is 6.20 Å². The van der Waals surface area contributed by atoms with Crippen LogP contribution in [0.25, 0.3) is 0 Å². The van der Waals surface area contributed by atoms with Crippen LogP contribution in [0.4, 0.5) is 4.79 Å². The predicted molar refractivity (Wildman–Crippen MR) is 85.7 cm³/mol. The molecule has 2 aliphatic heterocycles. The first-order valence-corrected chi connectivity index (χ1v) is 8.55. The molecule has 2 amide bonds. The van der Waals surface area contributed by atoms with Crippen molar-refractivity contribution in [1.29, 1.82) is 0 Å². The van der Waals surface area contributed by atoms with Crippen molar-refractivity contribution in [2.75, 3.05) is 32.7 Å². The topological polar surface area (TPSA) is 73.1 Å². The molecule has 3 heterocycles. The summed E-state index contributed by atoms with van der Waals surface area (Å²) in [5.74, 6) is 1.31. The third-order valence-corrected chi connectivity index (χ3v) is 5.06. The molecule has 2 aliphatic rings. The summed E-state index contributed by atoms with van der Waals surface area (Å²) in [5.41, 5.74) is 1.27. The number of likely N-dealkylation sites (tertiary alicyclic amines) is 1. The first-order valence-electron chi connectivity index (χ1n) is 8.55. The molecule has 2 saturated heterocycles. The van der Waals surface area contributed by atoms with E-state index >= 15 is 0 Å². The van der Waals surface area contributed by atoms with E-state index < -0.39 is 0 Å².